The molecule has 0 aliphatic carbocycles. The number of benzene rings is 2. The van der Waals surface area contributed by atoms with Crippen LogP contribution in [0.2, 0.25) is 0 Å². The molecular weight excluding hydrogens is 704 g/mol. The fourth-order valence-corrected chi connectivity index (χ4v) is 5.52. The van der Waals surface area contributed by atoms with Crippen molar-refractivity contribution in [2.45, 2.75) is 130 Å². The van der Waals surface area contributed by atoms with Gasteiger partial charge in [0.15, 0.2) is 35.4 Å². The average molecular weight is 765 g/mol. The zero-order chi connectivity index (χ0) is 39.5. The summed E-state index contributed by atoms with van der Waals surface area (Å²) in [4.78, 5) is 27.1. The maximum Gasteiger partial charge on any atom is 0.338 e. The van der Waals surface area contributed by atoms with Crippen LogP contribution in [0.15, 0.2) is 24.3 Å². The van der Waals surface area contributed by atoms with Gasteiger partial charge in [0.05, 0.1) is 24.3 Å². The number of hydrogen-bond donors (Lipinski definition) is 4. The van der Waals surface area contributed by atoms with Gasteiger partial charge in [0, 0.05) is 19.8 Å². The molecule has 0 saturated carbocycles. The van der Waals surface area contributed by atoms with Crippen molar-refractivity contribution in [2.24, 2.45) is 0 Å². The van der Waals surface area contributed by atoms with Crippen LogP contribution in [0.25, 0.3) is 0 Å². The molecule has 2 aromatic rings. The third-order valence-corrected chi connectivity index (χ3v) is 8.67. The van der Waals surface area contributed by atoms with Gasteiger partial charge in [0.25, 0.3) is 0 Å². The molecule has 1 aliphatic heterocycles. The van der Waals surface area contributed by atoms with Crippen LogP contribution < -0.4 is 9.47 Å². The molecule has 1 fully saturated rings. The Morgan fingerprint density at radius 2 is 0.963 bits per heavy atom. The van der Waals surface area contributed by atoms with E-state index in [0.29, 0.717) is 32.5 Å². The number of hydrogen-bond acceptors (Lipinski definition) is 14. The Hall–Kier alpha value is -3.98. The van der Waals surface area contributed by atoms with Gasteiger partial charge in [0.2, 0.25) is 11.5 Å². The number of unbranched alkanes of at least 4 members (excludes halogenated alkanes) is 5. The first-order valence-corrected chi connectivity index (χ1v) is 19.4. The van der Waals surface area contributed by atoms with Gasteiger partial charge in [-0.25, -0.2) is 9.59 Å². The first-order valence-electron chi connectivity index (χ1n) is 19.4. The second-order valence-corrected chi connectivity index (χ2v) is 13.2. The second kappa shape index (κ2) is 23.7. The highest BCUT2D eigenvalue weighted by Gasteiger charge is 2.51. The molecule has 5 atom stereocenters. The molecule has 14 nitrogen and oxygen atoms in total. The number of phenolic OH excluding ortho intramolecular Hbond substituents is 4. The highest BCUT2D eigenvalue weighted by Crippen LogP contribution is 2.39. The Bertz CT molecular complexity index is 1390. The van der Waals surface area contributed by atoms with Crippen molar-refractivity contribution in [2.75, 3.05) is 39.6 Å². The lowest BCUT2D eigenvalue weighted by atomic mass is 9.97. The maximum atomic E-state index is 13.8. The van der Waals surface area contributed by atoms with E-state index in [1.54, 1.807) is 0 Å². The summed E-state index contributed by atoms with van der Waals surface area (Å²) in [5, 5.41) is 42.4. The van der Waals surface area contributed by atoms with Gasteiger partial charge in [-0.1, -0.05) is 66.7 Å². The van der Waals surface area contributed by atoms with Crippen molar-refractivity contribution in [3.05, 3.63) is 35.4 Å². The summed E-state index contributed by atoms with van der Waals surface area (Å²) >= 11 is 0. The molecule has 2 aromatic carbocycles. The van der Waals surface area contributed by atoms with E-state index in [1.807, 2.05) is 34.6 Å². The van der Waals surface area contributed by atoms with Crippen molar-refractivity contribution in [1.82, 2.24) is 0 Å². The average Bonchev–Trinajstić information content (AvgIpc) is 3.14. The van der Waals surface area contributed by atoms with E-state index in [9.17, 15) is 30.0 Å². The summed E-state index contributed by atoms with van der Waals surface area (Å²) in [6.07, 6.45) is 2.60. The monoisotopic (exact) mass is 764 g/mol. The van der Waals surface area contributed by atoms with Gasteiger partial charge in [-0.05, 0) is 56.4 Å². The van der Waals surface area contributed by atoms with Gasteiger partial charge < -0.3 is 58.3 Å². The van der Waals surface area contributed by atoms with Gasteiger partial charge in [-0.2, -0.15) is 0 Å². The molecule has 1 aliphatic rings. The van der Waals surface area contributed by atoms with E-state index < -0.39 is 72.2 Å². The summed E-state index contributed by atoms with van der Waals surface area (Å²) in [6, 6.07) is 4.52. The first-order chi connectivity index (χ1) is 26.1. The van der Waals surface area contributed by atoms with E-state index in [4.69, 9.17) is 37.9 Å². The summed E-state index contributed by atoms with van der Waals surface area (Å²) in [7, 11) is 0. The lowest BCUT2D eigenvalue weighted by molar-refractivity contribution is -0.315. The van der Waals surface area contributed by atoms with E-state index in [2.05, 4.69) is 0 Å². The second-order valence-electron chi connectivity index (χ2n) is 13.2. The molecule has 0 amide bonds. The van der Waals surface area contributed by atoms with Crippen LogP contribution in [-0.4, -0.2) is 103 Å². The van der Waals surface area contributed by atoms with E-state index in [1.165, 1.54) is 0 Å². The number of carbonyl (C=O) groups excluding carboxylic acids is 2. The Balaban J connectivity index is 1.97. The van der Waals surface area contributed by atoms with Gasteiger partial charge >= 0.3 is 11.9 Å². The summed E-state index contributed by atoms with van der Waals surface area (Å²) in [5.41, 5.74) is -0.329. The molecule has 0 spiro atoms. The Kier molecular flexibility index (Phi) is 19.5. The van der Waals surface area contributed by atoms with Crippen LogP contribution in [-0.2, 0) is 28.4 Å². The van der Waals surface area contributed by atoms with Gasteiger partial charge in [-0.3, -0.25) is 0 Å². The lowest BCUT2D eigenvalue weighted by Crippen LogP contribution is -2.62. The minimum Gasteiger partial charge on any atom is -0.504 e. The lowest BCUT2D eigenvalue weighted by Gasteiger charge is -2.45. The van der Waals surface area contributed by atoms with Crippen LogP contribution in [0.4, 0.5) is 0 Å². The van der Waals surface area contributed by atoms with Crippen molar-refractivity contribution >= 4 is 11.9 Å². The normalized spacial score (nSPS) is 19.7. The van der Waals surface area contributed by atoms with E-state index in [0.717, 1.165) is 69.2 Å². The molecule has 4 N–H and O–H groups in total. The summed E-state index contributed by atoms with van der Waals surface area (Å²) in [6.45, 7) is 11.0. The largest absolute Gasteiger partial charge is 0.504 e. The van der Waals surface area contributed by atoms with Gasteiger partial charge in [0.1, 0.15) is 24.9 Å². The number of esters is 2. The smallest absolute Gasteiger partial charge is 0.338 e. The molecule has 0 bridgehead atoms. The highest BCUT2D eigenvalue weighted by atomic mass is 16.7. The molecule has 0 radical (unpaired) electrons. The van der Waals surface area contributed by atoms with E-state index >= 15 is 0 Å². The van der Waals surface area contributed by atoms with Gasteiger partial charge in [-0.15, -0.1) is 0 Å². The molecule has 2 unspecified atom stereocenters. The van der Waals surface area contributed by atoms with Crippen molar-refractivity contribution in [3.8, 4) is 34.5 Å². The molecule has 54 heavy (non-hydrogen) atoms. The molecule has 1 saturated heterocycles. The SMILES string of the molecule is CCCCOc1c(O)cc(C(=O)OCC2O[C@@H](OCCCC)[C@@H](OCCCC)C(OCCCC)[C@@H]2OC(=O)c2cc(O)c(OCCCC)c(O)c2)cc1O. The minimum absolute atomic E-state index is 0.145. The van der Waals surface area contributed by atoms with Crippen LogP contribution in [0.3, 0.4) is 0 Å². The number of phenols is 4. The van der Waals surface area contributed by atoms with Crippen LogP contribution in [0, 0.1) is 0 Å². The minimum atomic E-state index is -1.24. The topological polar surface area (TPSA) is 189 Å². The fraction of sp³-hybridized carbons (Fsp3) is 0.650. The number of aromatic hydroxyl groups is 4. The molecule has 0 aromatic heterocycles. The van der Waals surface area contributed by atoms with Crippen LogP contribution >= 0.6 is 0 Å². The summed E-state index contributed by atoms with van der Waals surface area (Å²) in [5.74, 6) is -3.90. The van der Waals surface area contributed by atoms with Crippen molar-refractivity contribution < 1.29 is 67.9 Å². The molecular formula is C40H60O14. The standard InChI is InChI=1S/C40H60O14/c1-6-11-16-47-33-28(41)21-26(22-29(33)42)38(45)52-25-32-35(54-39(46)27-23-30(43)34(31(44)24-27)48-17-12-7-2)36(49-18-13-8-3)37(50-19-14-9-4)40(53-32)51-20-15-10-5/h21-24,32,35-37,40-44H,6-20,25H2,1-5H3/t32?,35-,36?,37+,40-/m1/s1. The zero-order valence-electron chi connectivity index (χ0n) is 32.4. The predicted molar refractivity (Wildman–Crippen MR) is 199 cm³/mol. The molecule has 304 valence electrons. The summed E-state index contributed by atoms with van der Waals surface area (Å²) < 4.78 is 47.9. The molecule has 14 heteroatoms. The van der Waals surface area contributed by atoms with Crippen molar-refractivity contribution in [3.63, 3.8) is 0 Å². The quantitative estimate of drug-likeness (QED) is 0.0589. The Morgan fingerprint density at radius 1 is 0.556 bits per heavy atom. The Labute approximate surface area is 318 Å². The fourth-order valence-electron chi connectivity index (χ4n) is 5.52. The number of rotatable bonds is 25. The number of ether oxygens (including phenoxy) is 8. The molecule has 3 rings (SSSR count). The molecule has 1 heterocycles. The first kappa shape index (κ1) is 44.4. The third kappa shape index (κ3) is 13.1. The predicted octanol–water partition coefficient (Wildman–Crippen LogP) is 7.16. The zero-order valence-corrected chi connectivity index (χ0v) is 32.4. The van der Waals surface area contributed by atoms with Crippen LogP contribution in [0.5, 0.6) is 34.5 Å². The number of carbonyl (C=O) groups is 2. The maximum absolute atomic E-state index is 13.8. The highest BCUT2D eigenvalue weighted by molar-refractivity contribution is 5.92. The third-order valence-electron chi connectivity index (χ3n) is 8.67. The Morgan fingerprint density at radius 3 is 1.43 bits per heavy atom. The van der Waals surface area contributed by atoms with Crippen molar-refractivity contribution in [1.29, 1.82) is 0 Å². The van der Waals surface area contributed by atoms with Crippen LogP contribution in [0.1, 0.15) is 120 Å². The van der Waals surface area contributed by atoms with E-state index in [-0.39, 0.29) is 42.4 Å².